The molecule has 1 fully saturated rings. The molecule has 1 aromatic rings. The first-order valence-corrected chi connectivity index (χ1v) is 8.32. The van der Waals surface area contributed by atoms with Crippen molar-refractivity contribution in [3.8, 4) is 0 Å². The first-order chi connectivity index (χ1) is 8.94. The van der Waals surface area contributed by atoms with Crippen molar-refractivity contribution in [2.24, 2.45) is 5.92 Å². The van der Waals surface area contributed by atoms with E-state index in [0.29, 0.717) is 12.0 Å². The van der Waals surface area contributed by atoms with Crippen LogP contribution in [0.25, 0.3) is 0 Å². The molecule has 2 nitrogen and oxygen atoms in total. The molecule has 19 heavy (non-hydrogen) atoms. The van der Waals surface area contributed by atoms with Gasteiger partial charge >= 0.3 is 0 Å². The Hall–Kier alpha value is -0.670. The lowest BCUT2D eigenvalue weighted by Gasteiger charge is -2.48. The Labute approximate surface area is 122 Å². The average molecular weight is 278 g/mol. The van der Waals surface area contributed by atoms with E-state index in [2.05, 4.69) is 68.4 Å². The molecule has 1 atom stereocenters. The maximum Gasteiger partial charge on any atom is 0.0507 e. The molecule has 0 aliphatic carbocycles. The van der Waals surface area contributed by atoms with Crippen molar-refractivity contribution in [3.05, 3.63) is 24.3 Å². The minimum absolute atomic E-state index is 0.177. The van der Waals surface area contributed by atoms with Crippen LogP contribution in [0.2, 0.25) is 0 Å². The molecule has 0 aromatic heterocycles. The molecule has 2 rings (SSSR count). The van der Waals surface area contributed by atoms with Gasteiger partial charge in [0.2, 0.25) is 0 Å². The van der Waals surface area contributed by atoms with Gasteiger partial charge in [-0.25, -0.2) is 0 Å². The molecule has 0 saturated carbocycles. The van der Waals surface area contributed by atoms with Gasteiger partial charge in [0.15, 0.2) is 0 Å². The molecular formula is C16H26N2S. The molecule has 1 aromatic carbocycles. The van der Waals surface area contributed by atoms with Crippen molar-refractivity contribution in [1.82, 2.24) is 5.32 Å². The summed E-state index contributed by atoms with van der Waals surface area (Å²) in [6, 6.07) is 9.35. The Kier molecular flexibility index (Phi) is 4.46. The Bertz CT molecular complexity index is 429. The van der Waals surface area contributed by atoms with Crippen LogP contribution >= 0.6 is 11.8 Å². The molecule has 0 amide bonds. The predicted molar refractivity (Wildman–Crippen MR) is 86.3 cm³/mol. The van der Waals surface area contributed by atoms with Gasteiger partial charge in [-0.3, -0.25) is 0 Å². The van der Waals surface area contributed by atoms with Gasteiger partial charge in [0.1, 0.15) is 0 Å². The van der Waals surface area contributed by atoms with Crippen LogP contribution in [0.5, 0.6) is 0 Å². The fraction of sp³-hybridized carbons (Fsp3) is 0.625. The van der Waals surface area contributed by atoms with Gasteiger partial charge in [-0.1, -0.05) is 26.0 Å². The SMILES string of the molecule is CSc1ccccc1N1CC(C)(C)NCC1C(C)C. The van der Waals surface area contributed by atoms with Crippen molar-refractivity contribution in [3.63, 3.8) is 0 Å². The van der Waals surface area contributed by atoms with Crippen LogP contribution in [-0.2, 0) is 0 Å². The van der Waals surface area contributed by atoms with E-state index in [-0.39, 0.29) is 5.54 Å². The van der Waals surface area contributed by atoms with Crippen molar-refractivity contribution < 1.29 is 0 Å². The van der Waals surface area contributed by atoms with Crippen LogP contribution in [0, 0.1) is 5.92 Å². The van der Waals surface area contributed by atoms with Crippen LogP contribution < -0.4 is 10.2 Å². The van der Waals surface area contributed by atoms with Crippen LogP contribution in [0.3, 0.4) is 0 Å². The Morgan fingerprint density at radius 1 is 1.32 bits per heavy atom. The highest BCUT2D eigenvalue weighted by Crippen LogP contribution is 2.33. The largest absolute Gasteiger partial charge is 0.364 e. The van der Waals surface area contributed by atoms with Gasteiger partial charge in [-0.15, -0.1) is 11.8 Å². The van der Waals surface area contributed by atoms with Crippen LogP contribution in [0.4, 0.5) is 5.69 Å². The first-order valence-electron chi connectivity index (χ1n) is 7.09. The lowest BCUT2D eigenvalue weighted by atomic mass is 9.92. The quantitative estimate of drug-likeness (QED) is 0.850. The Morgan fingerprint density at radius 2 is 2.00 bits per heavy atom. The second-order valence-electron chi connectivity index (χ2n) is 6.38. The number of nitrogens with one attached hydrogen (secondary N) is 1. The fourth-order valence-corrected chi connectivity index (χ4v) is 3.43. The summed E-state index contributed by atoms with van der Waals surface area (Å²) < 4.78 is 0. The number of thioether (sulfide) groups is 1. The molecule has 1 saturated heterocycles. The summed E-state index contributed by atoms with van der Waals surface area (Å²) >= 11 is 1.84. The maximum absolute atomic E-state index is 3.68. The number of benzene rings is 1. The van der Waals surface area contributed by atoms with E-state index in [1.807, 2.05) is 11.8 Å². The smallest absolute Gasteiger partial charge is 0.0507 e. The highest BCUT2D eigenvalue weighted by molar-refractivity contribution is 7.98. The third kappa shape index (κ3) is 3.26. The molecule has 3 heteroatoms. The highest BCUT2D eigenvalue weighted by Gasteiger charge is 2.34. The molecule has 1 N–H and O–H groups in total. The summed E-state index contributed by atoms with van der Waals surface area (Å²) in [6.07, 6.45) is 2.16. The summed E-state index contributed by atoms with van der Waals surface area (Å²) in [5, 5.41) is 3.68. The Morgan fingerprint density at radius 3 is 2.63 bits per heavy atom. The number of hydrogen-bond donors (Lipinski definition) is 1. The van der Waals surface area contributed by atoms with Crippen LogP contribution in [0.1, 0.15) is 27.7 Å². The van der Waals surface area contributed by atoms with Gasteiger partial charge in [0.25, 0.3) is 0 Å². The number of anilines is 1. The van der Waals surface area contributed by atoms with E-state index in [4.69, 9.17) is 0 Å². The van der Waals surface area contributed by atoms with E-state index in [1.165, 1.54) is 10.6 Å². The summed E-state index contributed by atoms with van der Waals surface area (Å²) in [5.74, 6) is 0.651. The normalized spacial score (nSPS) is 22.8. The van der Waals surface area contributed by atoms with E-state index in [0.717, 1.165) is 13.1 Å². The minimum atomic E-state index is 0.177. The molecule has 1 unspecified atom stereocenters. The number of nitrogens with zero attached hydrogens (tertiary/aromatic N) is 1. The molecule has 0 radical (unpaired) electrons. The zero-order valence-corrected chi connectivity index (χ0v) is 13.6. The highest BCUT2D eigenvalue weighted by atomic mass is 32.2. The number of rotatable bonds is 3. The van der Waals surface area contributed by atoms with Crippen molar-refractivity contribution in [1.29, 1.82) is 0 Å². The van der Waals surface area contributed by atoms with Gasteiger partial charge < -0.3 is 10.2 Å². The molecule has 1 heterocycles. The molecule has 1 aliphatic rings. The second-order valence-corrected chi connectivity index (χ2v) is 7.22. The van der Waals surface area contributed by atoms with Crippen molar-refractivity contribution >= 4 is 17.4 Å². The van der Waals surface area contributed by atoms with Gasteiger partial charge in [-0.2, -0.15) is 0 Å². The molecule has 0 bridgehead atoms. The molecular weight excluding hydrogens is 252 g/mol. The third-order valence-corrected chi connectivity index (χ3v) is 4.70. The number of hydrogen-bond acceptors (Lipinski definition) is 3. The zero-order valence-electron chi connectivity index (χ0n) is 12.7. The first kappa shape index (κ1) is 14.7. The van der Waals surface area contributed by atoms with E-state index in [9.17, 15) is 0 Å². The molecule has 1 aliphatic heterocycles. The van der Waals surface area contributed by atoms with Gasteiger partial charge in [0.05, 0.1) is 5.69 Å². The second kappa shape index (κ2) is 5.76. The molecule has 0 spiro atoms. The summed E-state index contributed by atoms with van der Waals surface area (Å²) in [5.41, 5.74) is 1.57. The average Bonchev–Trinajstić information content (AvgIpc) is 2.37. The van der Waals surface area contributed by atoms with Crippen molar-refractivity contribution in [2.75, 3.05) is 24.2 Å². The number of piperazine rings is 1. The predicted octanol–water partition coefficient (Wildman–Crippen LogP) is 3.62. The summed E-state index contributed by atoms with van der Waals surface area (Å²) in [6.45, 7) is 11.3. The fourth-order valence-electron chi connectivity index (χ4n) is 2.82. The lowest BCUT2D eigenvalue weighted by molar-refractivity contribution is 0.276. The van der Waals surface area contributed by atoms with Crippen LogP contribution in [0.15, 0.2) is 29.2 Å². The van der Waals surface area contributed by atoms with Crippen LogP contribution in [-0.4, -0.2) is 30.9 Å². The van der Waals surface area contributed by atoms with E-state index < -0.39 is 0 Å². The van der Waals surface area contributed by atoms with E-state index >= 15 is 0 Å². The summed E-state index contributed by atoms with van der Waals surface area (Å²) in [4.78, 5) is 3.98. The van der Waals surface area contributed by atoms with Crippen molar-refractivity contribution in [2.45, 2.75) is 44.2 Å². The monoisotopic (exact) mass is 278 g/mol. The van der Waals surface area contributed by atoms with E-state index in [1.54, 1.807) is 0 Å². The van der Waals surface area contributed by atoms with Gasteiger partial charge in [0, 0.05) is 29.6 Å². The number of para-hydroxylation sites is 1. The standard InChI is InChI=1S/C16H26N2S/c1-12(2)14-10-17-16(3,4)11-18(14)13-8-6-7-9-15(13)19-5/h6-9,12,14,17H,10-11H2,1-5H3. The topological polar surface area (TPSA) is 15.3 Å². The zero-order chi connectivity index (χ0) is 14.0. The third-order valence-electron chi connectivity index (χ3n) is 3.92. The maximum atomic E-state index is 3.68. The Balaban J connectivity index is 2.36. The minimum Gasteiger partial charge on any atom is -0.364 e. The summed E-state index contributed by atoms with van der Waals surface area (Å²) in [7, 11) is 0. The van der Waals surface area contributed by atoms with Gasteiger partial charge in [-0.05, 0) is 38.2 Å². The lowest BCUT2D eigenvalue weighted by Crippen LogP contribution is -2.63. The molecule has 106 valence electrons.